The monoisotopic (exact) mass is 497 g/mol. The van der Waals surface area contributed by atoms with Crippen LogP contribution in [0.1, 0.15) is 31.6 Å². The SMILES string of the molecule is CC[C@@H](Oc1cc2oc(=O)n(CCC(=O)O)c2cc1Cl)c1ccccn1.NC(CO)(CO)CO. The van der Waals surface area contributed by atoms with Gasteiger partial charge in [-0.2, -0.15) is 0 Å². The van der Waals surface area contributed by atoms with Gasteiger partial charge >= 0.3 is 11.7 Å². The van der Waals surface area contributed by atoms with E-state index in [0.717, 1.165) is 5.69 Å². The number of carbonyl (C=O) groups is 1. The Labute approximate surface area is 200 Å². The smallest absolute Gasteiger partial charge is 0.419 e. The Morgan fingerprint density at radius 3 is 2.44 bits per heavy atom. The van der Waals surface area contributed by atoms with Gasteiger partial charge in [0, 0.05) is 18.8 Å². The molecule has 0 saturated heterocycles. The molecule has 3 rings (SSSR count). The van der Waals surface area contributed by atoms with Crippen molar-refractivity contribution in [1.82, 2.24) is 9.55 Å². The fraction of sp³-hybridized carbons (Fsp3) is 0.409. The molecule has 1 atom stereocenters. The predicted molar refractivity (Wildman–Crippen MR) is 124 cm³/mol. The lowest BCUT2D eigenvalue weighted by molar-refractivity contribution is -0.137. The molecule has 34 heavy (non-hydrogen) atoms. The van der Waals surface area contributed by atoms with Crippen LogP contribution >= 0.6 is 11.6 Å². The van der Waals surface area contributed by atoms with Crippen molar-refractivity contribution in [3.8, 4) is 5.75 Å². The molecular weight excluding hydrogens is 470 g/mol. The van der Waals surface area contributed by atoms with E-state index in [1.165, 1.54) is 4.57 Å². The number of nitrogens with zero attached hydrogens (tertiary/aromatic N) is 2. The summed E-state index contributed by atoms with van der Waals surface area (Å²) in [6, 6.07) is 8.65. The second-order valence-corrected chi connectivity index (χ2v) is 7.93. The van der Waals surface area contributed by atoms with E-state index in [4.69, 9.17) is 46.9 Å². The zero-order valence-corrected chi connectivity index (χ0v) is 19.3. The summed E-state index contributed by atoms with van der Waals surface area (Å²) in [6.07, 6.45) is 1.87. The molecule has 1 aromatic carbocycles. The summed E-state index contributed by atoms with van der Waals surface area (Å²) in [5.41, 5.74) is 5.43. The highest BCUT2D eigenvalue weighted by molar-refractivity contribution is 6.32. The second kappa shape index (κ2) is 12.5. The van der Waals surface area contributed by atoms with Gasteiger partial charge in [0.25, 0.3) is 0 Å². The van der Waals surface area contributed by atoms with E-state index >= 15 is 0 Å². The molecule has 0 fully saturated rings. The molecule has 0 amide bonds. The number of hydrogen-bond donors (Lipinski definition) is 5. The minimum Gasteiger partial charge on any atom is -0.482 e. The number of aliphatic hydroxyl groups excluding tert-OH is 3. The molecule has 0 spiro atoms. The van der Waals surface area contributed by atoms with Crippen molar-refractivity contribution in [3.63, 3.8) is 0 Å². The third-order valence-electron chi connectivity index (χ3n) is 4.87. The fourth-order valence-electron chi connectivity index (χ4n) is 2.80. The van der Waals surface area contributed by atoms with E-state index < -0.39 is 37.1 Å². The molecule has 11 nitrogen and oxygen atoms in total. The molecule has 6 N–H and O–H groups in total. The van der Waals surface area contributed by atoms with Gasteiger partial charge in [-0.05, 0) is 24.6 Å². The molecule has 0 aliphatic heterocycles. The largest absolute Gasteiger partial charge is 0.482 e. The predicted octanol–water partition coefficient (Wildman–Crippen LogP) is 1.31. The topological polar surface area (TPSA) is 181 Å². The Hall–Kier alpha value is -2.96. The van der Waals surface area contributed by atoms with Gasteiger partial charge in [0.05, 0.1) is 48.0 Å². The third kappa shape index (κ3) is 7.02. The summed E-state index contributed by atoms with van der Waals surface area (Å²) in [7, 11) is 0. The highest BCUT2D eigenvalue weighted by atomic mass is 35.5. The van der Waals surface area contributed by atoms with Crippen molar-refractivity contribution in [1.29, 1.82) is 0 Å². The number of aryl methyl sites for hydroxylation is 1. The summed E-state index contributed by atoms with van der Waals surface area (Å²) >= 11 is 6.32. The van der Waals surface area contributed by atoms with Crippen LogP contribution in [0.5, 0.6) is 5.75 Å². The molecule has 0 radical (unpaired) electrons. The first-order chi connectivity index (χ1) is 16.2. The molecule has 2 aromatic heterocycles. The summed E-state index contributed by atoms with van der Waals surface area (Å²) in [6.45, 7) is 0.761. The number of rotatable bonds is 10. The van der Waals surface area contributed by atoms with Crippen LogP contribution < -0.4 is 16.2 Å². The lowest BCUT2D eigenvalue weighted by Crippen LogP contribution is -2.50. The number of ether oxygens (including phenoxy) is 1. The minimum atomic E-state index is -1.21. The number of fused-ring (bicyclic) bond motifs is 1. The van der Waals surface area contributed by atoms with Crippen LogP contribution in [0.2, 0.25) is 5.02 Å². The van der Waals surface area contributed by atoms with Crippen LogP contribution in [0.15, 0.2) is 45.7 Å². The van der Waals surface area contributed by atoms with E-state index in [-0.39, 0.29) is 24.7 Å². The van der Waals surface area contributed by atoms with Crippen molar-refractivity contribution < 1.29 is 34.4 Å². The third-order valence-corrected chi connectivity index (χ3v) is 5.17. The zero-order chi connectivity index (χ0) is 25.3. The molecule has 2 heterocycles. The van der Waals surface area contributed by atoms with E-state index in [0.29, 0.717) is 22.7 Å². The van der Waals surface area contributed by atoms with Gasteiger partial charge in [0.15, 0.2) is 5.58 Å². The Morgan fingerprint density at radius 1 is 1.26 bits per heavy atom. The highest BCUT2D eigenvalue weighted by Gasteiger charge is 2.21. The molecule has 3 aromatic rings. The van der Waals surface area contributed by atoms with Crippen LogP contribution in [0.25, 0.3) is 11.1 Å². The van der Waals surface area contributed by atoms with Gasteiger partial charge < -0.3 is 35.3 Å². The number of carboxylic acids is 1. The number of oxazole rings is 1. The maximum absolute atomic E-state index is 12.0. The standard InChI is InChI=1S/C18H17ClN2O5.C4H11NO3/c1-2-14(12-5-3-4-7-20-12)25-15-10-16-13(9-11(15)19)21(18(24)26-16)8-6-17(22)23;5-4(1-6,2-7)3-8/h3-5,7,9-10,14H,2,6,8H2,1H3,(H,22,23);6-8H,1-3,5H2/t14-;/m1./s1. The number of benzene rings is 1. The van der Waals surface area contributed by atoms with Crippen molar-refractivity contribution in [2.75, 3.05) is 19.8 Å². The maximum Gasteiger partial charge on any atom is 0.419 e. The average Bonchev–Trinajstić information content (AvgIpc) is 3.15. The fourth-order valence-corrected chi connectivity index (χ4v) is 3.00. The van der Waals surface area contributed by atoms with Gasteiger partial charge in [0.1, 0.15) is 11.9 Å². The zero-order valence-electron chi connectivity index (χ0n) is 18.6. The van der Waals surface area contributed by atoms with Crippen molar-refractivity contribution in [2.24, 2.45) is 5.73 Å². The Bertz CT molecular complexity index is 1120. The van der Waals surface area contributed by atoms with E-state index in [1.54, 1.807) is 18.3 Å². The van der Waals surface area contributed by atoms with Crippen molar-refractivity contribution in [3.05, 3.63) is 57.8 Å². The van der Waals surface area contributed by atoms with Gasteiger partial charge in [-0.3, -0.25) is 14.3 Å². The molecular formula is C22H28ClN3O8. The molecule has 186 valence electrons. The summed E-state index contributed by atoms with van der Waals surface area (Å²) in [4.78, 5) is 27.0. The second-order valence-electron chi connectivity index (χ2n) is 7.52. The number of carboxylic acid groups (broad SMARTS) is 1. The van der Waals surface area contributed by atoms with Gasteiger partial charge in [-0.15, -0.1) is 0 Å². The highest BCUT2D eigenvalue weighted by Crippen LogP contribution is 2.33. The number of aromatic nitrogens is 2. The molecule has 0 aliphatic carbocycles. The normalized spacial score (nSPS) is 12.2. The Kier molecular flexibility index (Phi) is 10.0. The first kappa shape index (κ1) is 27.3. The molecule has 0 saturated carbocycles. The molecule has 0 bridgehead atoms. The molecule has 12 heteroatoms. The van der Waals surface area contributed by atoms with Crippen LogP contribution in [0, 0.1) is 0 Å². The number of nitrogens with two attached hydrogens (primary N) is 1. The molecule has 0 unspecified atom stereocenters. The first-order valence-electron chi connectivity index (χ1n) is 10.4. The number of hydrogen-bond acceptors (Lipinski definition) is 9. The Balaban J connectivity index is 0.000000440. The van der Waals surface area contributed by atoms with Crippen LogP contribution in [0.4, 0.5) is 0 Å². The Morgan fingerprint density at radius 2 is 1.94 bits per heavy atom. The first-order valence-corrected chi connectivity index (χ1v) is 10.8. The van der Waals surface area contributed by atoms with Gasteiger partial charge in [-0.1, -0.05) is 24.6 Å². The lowest BCUT2D eigenvalue weighted by atomic mass is 10.1. The number of aliphatic carboxylic acids is 1. The van der Waals surface area contributed by atoms with Gasteiger partial charge in [0.2, 0.25) is 0 Å². The average molecular weight is 498 g/mol. The quantitative estimate of drug-likeness (QED) is 0.274. The van der Waals surface area contributed by atoms with E-state index in [1.807, 2.05) is 25.1 Å². The number of aliphatic hydroxyl groups is 3. The van der Waals surface area contributed by atoms with Crippen molar-refractivity contribution in [2.45, 2.75) is 38.0 Å². The summed E-state index contributed by atoms with van der Waals surface area (Å²) in [5, 5.41) is 34.1. The summed E-state index contributed by atoms with van der Waals surface area (Å²) < 4.78 is 12.4. The van der Waals surface area contributed by atoms with Gasteiger partial charge in [-0.25, -0.2) is 4.79 Å². The minimum absolute atomic E-state index is 0.00319. The van der Waals surface area contributed by atoms with Crippen LogP contribution in [0.3, 0.4) is 0 Å². The van der Waals surface area contributed by atoms with Crippen LogP contribution in [-0.2, 0) is 11.3 Å². The van der Waals surface area contributed by atoms with E-state index in [2.05, 4.69) is 4.98 Å². The summed E-state index contributed by atoms with van der Waals surface area (Å²) in [5.74, 6) is -1.26. The molecule has 0 aliphatic rings. The maximum atomic E-state index is 12.0. The number of pyridine rings is 1. The van der Waals surface area contributed by atoms with Crippen LogP contribution in [-0.4, -0.2) is 61.3 Å². The van der Waals surface area contributed by atoms with Crippen molar-refractivity contribution >= 4 is 28.7 Å². The van der Waals surface area contributed by atoms with E-state index in [9.17, 15) is 9.59 Å². The number of halogens is 1. The lowest BCUT2D eigenvalue weighted by Gasteiger charge is -2.20.